The average molecular weight is 817 g/mol. The number of aliphatic carboxylic acids is 1. The lowest BCUT2D eigenvalue weighted by Gasteiger charge is -2.35. The summed E-state index contributed by atoms with van der Waals surface area (Å²) in [6, 6.07) is 7.24. The van der Waals surface area contributed by atoms with Gasteiger partial charge in [0.1, 0.15) is 53.8 Å². The number of nitrogens with zero attached hydrogens (tertiary/aromatic N) is 5. The number of alkyl carbamates (subject to hydrolysis) is 1. The fourth-order valence-electron chi connectivity index (χ4n) is 8.66. The second kappa shape index (κ2) is 16.5. The molecule has 3 heterocycles. The molecular weight excluding hydrogens is 757 g/mol. The van der Waals surface area contributed by atoms with Crippen molar-refractivity contribution in [2.24, 2.45) is 23.2 Å². The minimum Gasteiger partial charge on any atom is -0.492 e. The van der Waals surface area contributed by atoms with Crippen LogP contribution in [0.5, 0.6) is 11.5 Å². The molecule has 0 bridgehead atoms. The lowest BCUT2D eigenvalue weighted by Crippen LogP contribution is -2.59. The third-order valence-electron chi connectivity index (χ3n) is 12.1. The van der Waals surface area contributed by atoms with E-state index in [2.05, 4.69) is 21.0 Å². The predicted octanol–water partition coefficient (Wildman–Crippen LogP) is 4.84. The Morgan fingerprint density at radius 2 is 1.78 bits per heavy atom. The second-order valence-corrected chi connectivity index (χ2v) is 18.5. The van der Waals surface area contributed by atoms with E-state index in [-0.39, 0.29) is 31.0 Å². The number of likely N-dealkylation sites (tertiary alicyclic amines) is 1. The van der Waals surface area contributed by atoms with E-state index in [1.54, 1.807) is 16.9 Å². The molecule has 4 N–H and O–H groups in total. The van der Waals surface area contributed by atoms with Crippen LogP contribution in [0.1, 0.15) is 80.1 Å². The molecule has 0 spiro atoms. The van der Waals surface area contributed by atoms with Crippen molar-refractivity contribution in [3.63, 3.8) is 0 Å². The van der Waals surface area contributed by atoms with Crippen LogP contribution >= 0.6 is 0 Å². The molecule has 3 aliphatic carbocycles. The third kappa shape index (κ3) is 9.37. The molecule has 16 nitrogen and oxygen atoms in total. The van der Waals surface area contributed by atoms with Gasteiger partial charge in [-0.05, 0) is 88.9 Å². The van der Waals surface area contributed by atoms with Gasteiger partial charge in [0, 0.05) is 48.8 Å². The van der Waals surface area contributed by atoms with Gasteiger partial charge in [0.25, 0.3) is 0 Å². The molecule has 1 aliphatic heterocycles. The molecule has 8 atom stereocenters. The molecule has 3 amide bonds. The van der Waals surface area contributed by atoms with Gasteiger partial charge in [-0.15, -0.1) is 5.10 Å². The summed E-state index contributed by atoms with van der Waals surface area (Å²) in [4.78, 5) is 63.1. The Morgan fingerprint density at radius 1 is 1.03 bits per heavy atom. The quantitative estimate of drug-likeness (QED) is 0.154. The van der Waals surface area contributed by atoms with Crippen LogP contribution in [0.4, 0.5) is 10.6 Å². The first-order valence-electron chi connectivity index (χ1n) is 21.0. The molecule has 4 aliphatic rings. The third-order valence-corrected chi connectivity index (χ3v) is 12.1. The second-order valence-electron chi connectivity index (χ2n) is 18.5. The number of ether oxygens (including phenoxy) is 3. The first kappa shape index (κ1) is 42.0. The zero-order valence-corrected chi connectivity index (χ0v) is 35.5. The lowest BCUT2D eigenvalue weighted by atomic mass is 9.85. The number of hydrogen-bond acceptors (Lipinski definition) is 11. The monoisotopic (exact) mass is 816 g/mol. The molecule has 320 valence electrons. The van der Waals surface area contributed by atoms with E-state index < -0.39 is 53.0 Å². The summed E-state index contributed by atoms with van der Waals surface area (Å²) in [5.41, 5.74) is -1.58. The highest BCUT2D eigenvalue weighted by molar-refractivity contribution is 5.96. The summed E-state index contributed by atoms with van der Waals surface area (Å²) in [5, 5.41) is 24.5. The van der Waals surface area contributed by atoms with Crippen molar-refractivity contribution in [1.29, 1.82) is 0 Å². The number of carboxylic acids is 1. The van der Waals surface area contributed by atoms with E-state index in [0.29, 0.717) is 65.3 Å². The van der Waals surface area contributed by atoms with Crippen molar-refractivity contribution in [2.45, 2.75) is 116 Å². The fraction of sp³-hybridized carbons (Fsp3) is 0.628. The van der Waals surface area contributed by atoms with E-state index in [4.69, 9.17) is 19.2 Å². The maximum absolute atomic E-state index is 14.7. The van der Waals surface area contributed by atoms with Gasteiger partial charge in [-0.2, -0.15) is 0 Å². The number of nitrogens with one attached hydrogen (secondary N) is 3. The molecular formula is C43H60N8O8. The van der Waals surface area contributed by atoms with E-state index in [9.17, 15) is 24.3 Å². The molecule has 2 aromatic heterocycles. The van der Waals surface area contributed by atoms with Crippen LogP contribution in [0.2, 0.25) is 0 Å². The molecule has 16 heteroatoms. The summed E-state index contributed by atoms with van der Waals surface area (Å²) in [5.74, 6) is 1.07. The van der Waals surface area contributed by atoms with Gasteiger partial charge >= 0.3 is 12.1 Å². The zero-order chi connectivity index (χ0) is 42.4. The van der Waals surface area contributed by atoms with Gasteiger partial charge in [-0.25, -0.2) is 19.3 Å². The van der Waals surface area contributed by atoms with Crippen LogP contribution in [0.25, 0.3) is 16.7 Å². The van der Waals surface area contributed by atoms with Crippen molar-refractivity contribution in [2.75, 3.05) is 39.1 Å². The Morgan fingerprint density at radius 3 is 2.42 bits per heavy atom. The Bertz CT molecular complexity index is 2050. The van der Waals surface area contributed by atoms with Crippen LogP contribution in [-0.4, -0.2) is 123 Å². The Balaban J connectivity index is 1.19. The van der Waals surface area contributed by atoms with Crippen LogP contribution in [0.3, 0.4) is 0 Å². The fourth-order valence-corrected chi connectivity index (χ4v) is 8.66. The Hall–Kier alpha value is -5.12. The summed E-state index contributed by atoms with van der Waals surface area (Å²) >= 11 is 0. The van der Waals surface area contributed by atoms with Crippen molar-refractivity contribution in [3.8, 4) is 17.3 Å². The van der Waals surface area contributed by atoms with Crippen LogP contribution in [0.15, 0.2) is 36.5 Å². The van der Waals surface area contributed by atoms with E-state index in [1.807, 2.05) is 84.8 Å². The Labute approximate surface area is 345 Å². The first-order valence-corrected chi connectivity index (χ1v) is 21.0. The zero-order valence-electron chi connectivity index (χ0n) is 35.5. The maximum atomic E-state index is 14.7. The van der Waals surface area contributed by atoms with Gasteiger partial charge in [-0.1, -0.05) is 34.1 Å². The summed E-state index contributed by atoms with van der Waals surface area (Å²) in [7, 11) is 3.95. The molecule has 0 unspecified atom stereocenters. The van der Waals surface area contributed by atoms with E-state index >= 15 is 0 Å². The van der Waals surface area contributed by atoms with Gasteiger partial charge in [0.05, 0.1) is 12.1 Å². The van der Waals surface area contributed by atoms with Crippen molar-refractivity contribution in [1.82, 2.24) is 35.2 Å². The SMILES string of the molecule is CC[C@@H]1C[C@]1(NC(=O)[C@@H]1C[C@@H](Oc2cc(-n3ccc(NC(C)C)n3)nc3cc(OCCN(C)C)ccc23)CN1C(=O)[C@@H](NC(=O)O[C@@H]1C[C@@H]2C[C@@H]2C1)C(C)(C)C)C(=O)O. The number of rotatable bonds is 16. The molecule has 3 aromatic rings. The molecule has 3 saturated carbocycles. The van der Waals surface area contributed by atoms with Gasteiger partial charge in [0.15, 0.2) is 5.82 Å². The summed E-state index contributed by atoms with van der Waals surface area (Å²) in [6.07, 6.45) is 4.05. The van der Waals surface area contributed by atoms with Gasteiger partial charge in [0.2, 0.25) is 11.8 Å². The summed E-state index contributed by atoms with van der Waals surface area (Å²) in [6.45, 7) is 12.7. The largest absolute Gasteiger partial charge is 0.492 e. The topological polar surface area (TPSA) is 189 Å². The smallest absolute Gasteiger partial charge is 0.408 e. The highest BCUT2D eigenvalue weighted by Crippen LogP contribution is 2.52. The number of aromatic nitrogens is 3. The number of carboxylic acid groups (broad SMARTS) is 1. The Kier molecular flexibility index (Phi) is 11.8. The van der Waals surface area contributed by atoms with Crippen LogP contribution < -0.4 is 25.4 Å². The van der Waals surface area contributed by atoms with Gasteiger partial charge < -0.3 is 45.1 Å². The van der Waals surface area contributed by atoms with Crippen molar-refractivity contribution < 1.29 is 38.5 Å². The highest BCUT2D eigenvalue weighted by atomic mass is 16.6. The maximum Gasteiger partial charge on any atom is 0.408 e. The normalized spacial score (nSPS) is 26.4. The molecule has 0 radical (unpaired) electrons. The summed E-state index contributed by atoms with van der Waals surface area (Å²) < 4.78 is 20.2. The molecule has 59 heavy (non-hydrogen) atoms. The molecule has 7 rings (SSSR count). The van der Waals surface area contributed by atoms with Crippen molar-refractivity contribution >= 4 is 40.6 Å². The molecule has 1 saturated heterocycles. The minimum absolute atomic E-state index is 0.00139. The van der Waals surface area contributed by atoms with Crippen LogP contribution in [0, 0.1) is 23.2 Å². The van der Waals surface area contributed by atoms with Crippen LogP contribution in [-0.2, 0) is 19.1 Å². The molecule has 4 fully saturated rings. The number of benzene rings is 1. The minimum atomic E-state index is -1.40. The lowest BCUT2D eigenvalue weighted by molar-refractivity contribution is -0.146. The number of carbonyl (C=O) groups is 4. The number of likely N-dealkylation sites (N-methyl/N-ethyl adjacent to an activating group) is 1. The van der Waals surface area contributed by atoms with Gasteiger partial charge in [-0.3, -0.25) is 9.59 Å². The average Bonchev–Trinajstić information content (AvgIpc) is 3.83. The highest BCUT2D eigenvalue weighted by Gasteiger charge is 2.61. The number of fused-ring (bicyclic) bond motifs is 2. The van der Waals surface area contributed by atoms with E-state index in [0.717, 1.165) is 19.4 Å². The number of carbonyl (C=O) groups excluding carboxylic acids is 3. The number of pyridine rings is 1. The van der Waals surface area contributed by atoms with E-state index in [1.165, 1.54) is 11.3 Å². The first-order chi connectivity index (χ1) is 27.9. The number of amides is 3. The number of hydrogen-bond donors (Lipinski definition) is 4. The van der Waals surface area contributed by atoms with Crippen molar-refractivity contribution in [3.05, 3.63) is 36.5 Å². The predicted molar refractivity (Wildman–Crippen MR) is 221 cm³/mol. The standard InChI is InChI=1S/C43H60N8O8/c1-9-27-22-43(27,40(54)55)47-38(52)33-20-30(23-50(33)39(53)37(42(4,5)6)46-41(56)59-29-17-25-16-26(25)18-29)58-34-21-36(51-13-12-35(48-51)44-24(2)3)45-32-19-28(10-11-31(32)34)57-15-14-49(7)8/h10-13,19,21,24-27,29-30,33,37H,9,14-18,20,22-23H2,1-8H3,(H,44,48)(H,46,56)(H,47,52)(H,54,55)/t25-,26+,27-,29+,30-,33+,37-,43-/m1/s1. The molecule has 1 aromatic carbocycles. The number of anilines is 1.